The van der Waals surface area contributed by atoms with Gasteiger partial charge in [-0.1, -0.05) is 26.0 Å². The minimum atomic E-state index is -0.615. The highest BCUT2D eigenvalue weighted by molar-refractivity contribution is 5.80. The summed E-state index contributed by atoms with van der Waals surface area (Å²) in [7, 11) is 0. The summed E-state index contributed by atoms with van der Waals surface area (Å²) in [5, 5.41) is 7.79. The van der Waals surface area contributed by atoms with E-state index in [-0.39, 0.29) is 18.0 Å². The molecule has 2 rings (SSSR count). The molecule has 0 aliphatic carbocycles. The van der Waals surface area contributed by atoms with Crippen LogP contribution < -0.4 is 15.6 Å². The average Bonchev–Trinajstić information content (AvgIpc) is 2.91. The third-order valence-electron chi connectivity index (χ3n) is 3.33. The number of rotatable bonds is 6. The molecule has 118 valence electrons. The van der Waals surface area contributed by atoms with Crippen molar-refractivity contribution in [2.75, 3.05) is 0 Å². The number of carbonyl (C=O) groups excluding carboxylic acids is 1. The van der Waals surface area contributed by atoms with E-state index in [2.05, 4.69) is 29.4 Å². The van der Waals surface area contributed by atoms with Crippen LogP contribution in [0, 0.1) is 0 Å². The highest BCUT2D eigenvalue weighted by Gasteiger charge is 2.14. The second-order valence-electron chi connectivity index (χ2n) is 5.49. The van der Waals surface area contributed by atoms with Crippen molar-refractivity contribution < 1.29 is 9.53 Å². The van der Waals surface area contributed by atoms with Crippen LogP contribution in [0.25, 0.3) is 0 Å². The molecule has 1 aromatic heterocycles. The molecule has 0 saturated heterocycles. The van der Waals surface area contributed by atoms with Crippen molar-refractivity contribution in [3.8, 4) is 5.75 Å². The van der Waals surface area contributed by atoms with E-state index in [0.29, 0.717) is 17.4 Å². The number of aromatic nitrogens is 2. The molecule has 0 radical (unpaired) electrons. The van der Waals surface area contributed by atoms with Crippen LogP contribution in [0.4, 0.5) is 0 Å². The van der Waals surface area contributed by atoms with Gasteiger partial charge in [0.15, 0.2) is 6.10 Å². The highest BCUT2D eigenvalue weighted by atomic mass is 16.5. The van der Waals surface area contributed by atoms with Crippen molar-refractivity contribution in [1.29, 1.82) is 0 Å². The zero-order valence-electron chi connectivity index (χ0n) is 13.0. The molecule has 0 spiro atoms. The van der Waals surface area contributed by atoms with Crippen LogP contribution in [0.15, 0.2) is 35.1 Å². The van der Waals surface area contributed by atoms with Gasteiger partial charge in [-0.3, -0.25) is 14.7 Å². The summed E-state index contributed by atoms with van der Waals surface area (Å²) >= 11 is 0. The van der Waals surface area contributed by atoms with E-state index < -0.39 is 6.10 Å². The first-order valence-electron chi connectivity index (χ1n) is 7.26. The number of aromatic amines is 2. The van der Waals surface area contributed by atoms with Crippen molar-refractivity contribution in [3.05, 3.63) is 51.9 Å². The van der Waals surface area contributed by atoms with E-state index in [1.165, 1.54) is 11.6 Å². The Morgan fingerprint density at radius 3 is 2.41 bits per heavy atom. The predicted octanol–water partition coefficient (Wildman–Crippen LogP) is 1.91. The van der Waals surface area contributed by atoms with E-state index in [4.69, 9.17) is 4.74 Å². The van der Waals surface area contributed by atoms with Crippen LogP contribution in [-0.4, -0.2) is 22.2 Å². The number of amides is 1. The summed E-state index contributed by atoms with van der Waals surface area (Å²) in [6.45, 7) is 6.18. The van der Waals surface area contributed by atoms with Gasteiger partial charge in [-0.25, -0.2) is 0 Å². The number of hydrogen-bond donors (Lipinski definition) is 3. The van der Waals surface area contributed by atoms with Gasteiger partial charge in [0, 0.05) is 6.07 Å². The molecule has 2 aromatic rings. The topological polar surface area (TPSA) is 87.0 Å². The number of H-pyrrole nitrogens is 2. The Morgan fingerprint density at radius 2 is 1.86 bits per heavy atom. The fourth-order valence-electron chi connectivity index (χ4n) is 1.98. The van der Waals surface area contributed by atoms with Crippen molar-refractivity contribution >= 4 is 5.91 Å². The number of ether oxygens (including phenoxy) is 1. The Kier molecular flexibility index (Phi) is 5.04. The summed E-state index contributed by atoms with van der Waals surface area (Å²) in [5.41, 5.74) is 1.62. The van der Waals surface area contributed by atoms with Gasteiger partial charge >= 0.3 is 0 Å². The normalized spacial score (nSPS) is 12.2. The molecule has 0 aliphatic heterocycles. The van der Waals surface area contributed by atoms with Crippen LogP contribution in [0.5, 0.6) is 5.75 Å². The van der Waals surface area contributed by atoms with Gasteiger partial charge in [0.1, 0.15) is 5.75 Å². The number of benzene rings is 1. The van der Waals surface area contributed by atoms with Crippen molar-refractivity contribution in [1.82, 2.24) is 15.5 Å². The van der Waals surface area contributed by atoms with Gasteiger partial charge in [-0.05, 0) is 30.5 Å². The van der Waals surface area contributed by atoms with Crippen LogP contribution in [0.2, 0.25) is 0 Å². The summed E-state index contributed by atoms with van der Waals surface area (Å²) in [6, 6.07) is 9.12. The molecular formula is C16H21N3O3. The third-order valence-corrected chi connectivity index (χ3v) is 3.33. The maximum absolute atomic E-state index is 12.0. The van der Waals surface area contributed by atoms with E-state index in [0.717, 1.165) is 0 Å². The zero-order valence-corrected chi connectivity index (χ0v) is 13.0. The first kappa shape index (κ1) is 15.9. The standard InChI is InChI=1S/C16H21N3O3/c1-10(2)12-4-6-14(7-5-12)22-11(3)16(21)17-9-13-8-15(20)19-18-13/h4-8,10-11H,9H2,1-3H3,(H,17,21)(H2,18,19,20). The van der Waals surface area contributed by atoms with Gasteiger partial charge in [0.05, 0.1) is 12.2 Å². The van der Waals surface area contributed by atoms with Crippen molar-refractivity contribution in [2.45, 2.75) is 39.3 Å². The molecule has 1 amide bonds. The second-order valence-corrected chi connectivity index (χ2v) is 5.49. The first-order valence-corrected chi connectivity index (χ1v) is 7.26. The predicted molar refractivity (Wildman–Crippen MR) is 83.9 cm³/mol. The van der Waals surface area contributed by atoms with Crippen molar-refractivity contribution in [2.24, 2.45) is 0 Å². The lowest BCUT2D eigenvalue weighted by molar-refractivity contribution is -0.127. The first-order chi connectivity index (χ1) is 10.5. The highest BCUT2D eigenvalue weighted by Crippen LogP contribution is 2.19. The van der Waals surface area contributed by atoms with E-state index in [1.54, 1.807) is 6.92 Å². The lowest BCUT2D eigenvalue weighted by Crippen LogP contribution is -2.36. The van der Waals surface area contributed by atoms with Gasteiger partial charge in [-0.2, -0.15) is 0 Å². The van der Waals surface area contributed by atoms with Gasteiger partial charge < -0.3 is 15.2 Å². The Morgan fingerprint density at radius 1 is 1.18 bits per heavy atom. The van der Waals surface area contributed by atoms with Crippen LogP contribution in [0.3, 0.4) is 0 Å². The summed E-state index contributed by atoms with van der Waals surface area (Å²) in [5.74, 6) is 0.871. The quantitative estimate of drug-likeness (QED) is 0.762. The Hall–Kier alpha value is -2.50. The Labute approximate surface area is 128 Å². The molecule has 1 aromatic carbocycles. The van der Waals surface area contributed by atoms with E-state index in [1.807, 2.05) is 24.3 Å². The summed E-state index contributed by atoms with van der Waals surface area (Å²) in [6.07, 6.45) is -0.615. The SMILES string of the molecule is CC(Oc1ccc(C(C)C)cc1)C(=O)NCc1cc(=O)[nH][nH]1. The molecule has 0 saturated carbocycles. The molecule has 1 heterocycles. The maximum Gasteiger partial charge on any atom is 0.264 e. The molecule has 3 N–H and O–H groups in total. The average molecular weight is 303 g/mol. The molecule has 6 nitrogen and oxygen atoms in total. The Bertz CT molecular complexity index is 670. The minimum absolute atomic E-state index is 0.223. The smallest absolute Gasteiger partial charge is 0.264 e. The van der Waals surface area contributed by atoms with Crippen LogP contribution in [0.1, 0.15) is 37.9 Å². The summed E-state index contributed by atoms with van der Waals surface area (Å²) in [4.78, 5) is 22.9. The second kappa shape index (κ2) is 6.98. The number of nitrogens with one attached hydrogen (secondary N) is 3. The summed E-state index contributed by atoms with van der Waals surface area (Å²) < 4.78 is 5.61. The number of carbonyl (C=O) groups is 1. The molecule has 6 heteroatoms. The molecule has 0 aliphatic rings. The third kappa shape index (κ3) is 4.25. The van der Waals surface area contributed by atoms with E-state index >= 15 is 0 Å². The number of hydrogen-bond acceptors (Lipinski definition) is 3. The van der Waals surface area contributed by atoms with Crippen LogP contribution >= 0.6 is 0 Å². The molecule has 22 heavy (non-hydrogen) atoms. The largest absolute Gasteiger partial charge is 0.481 e. The molecule has 0 bridgehead atoms. The fraction of sp³-hybridized carbons (Fsp3) is 0.375. The molecule has 1 unspecified atom stereocenters. The lowest BCUT2D eigenvalue weighted by atomic mass is 10.0. The maximum atomic E-state index is 12.0. The molecule has 1 atom stereocenters. The van der Waals surface area contributed by atoms with Crippen LogP contribution in [-0.2, 0) is 11.3 Å². The minimum Gasteiger partial charge on any atom is -0.481 e. The fourth-order valence-corrected chi connectivity index (χ4v) is 1.98. The van der Waals surface area contributed by atoms with Gasteiger partial charge in [0.25, 0.3) is 11.5 Å². The monoisotopic (exact) mass is 303 g/mol. The zero-order chi connectivity index (χ0) is 16.1. The molecular weight excluding hydrogens is 282 g/mol. The van der Waals surface area contributed by atoms with Gasteiger partial charge in [0.2, 0.25) is 0 Å². The van der Waals surface area contributed by atoms with E-state index in [9.17, 15) is 9.59 Å². The lowest BCUT2D eigenvalue weighted by Gasteiger charge is -2.15. The van der Waals surface area contributed by atoms with Gasteiger partial charge in [-0.15, -0.1) is 0 Å². The van der Waals surface area contributed by atoms with Crippen molar-refractivity contribution in [3.63, 3.8) is 0 Å². The Balaban J connectivity index is 1.86. The molecule has 0 fully saturated rings.